The van der Waals surface area contributed by atoms with E-state index in [1.165, 1.54) is 33.4 Å². The van der Waals surface area contributed by atoms with Crippen molar-refractivity contribution < 1.29 is 4.42 Å². The smallest absolute Gasteiger partial charge is 0.248 e. The van der Waals surface area contributed by atoms with Gasteiger partial charge < -0.3 is 4.42 Å². The molecule has 0 saturated heterocycles. The Labute approximate surface area is 449 Å². The lowest BCUT2D eigenvalue weighted by atomic mass is 9.79. The van der Waals surface area contributed by atoms with Crippen molar-refractivity contribution in [2.75, 3.05) is 0 Å². The normalized spacial score (nSPS) is 11.1. The fourth-order valence-corrected chi connectivity index (χ4v) is 11.0. The van der Waals surface area contributed by atoms with E-state index in [0.717, 1.165) is 89.0 Å². The van der Waals surface area contributed by atoms with Gasteiger partial charge in [-0.05, 0) is 148 Å². The van der Waals surface area contributed by atoms with E-state index in [2.05, 4.69) is 314 Å². The zero-order valence-electron chi connectivity index (χ0n) is 42.2. The standard InChI is InChI=1S/C74H50N2O/c1-9-25-51(26-10-1)63-49-65(69(57-33-17-5-18-34-57)71(59-37-21-7-22-38-59)67(63)55-29-13-3-14-30-55)53-41-45-61(46-42-53)73-75-76-74(77-73)62-47-43-54(44-48-62)66-50-64(52-27-11-2-12-28-52)68(56-31-15-4-16-32-56)72(60-39-23-8-24-40-60)70(66)58-35-19-6-20-36-58/h1-50H. The van der Waals surface area contributed by atoms with E-state index in [4.69, 9.17) is 4.42 Å². The summed E-state index contributed by atoms with van der Waals surface area (Å²) in [5.74, 6) is 0.910. The molecule has 0 fully saturated rings. The Hall–Kier alpha value is -10.2. The number of nitrogens with zero attached hydrogens (tertiary/aromatic N) is 2. The third kappa shape index (κ3) is 9.17. The monoisotopic (exact) mass is 982 g/mol. The molecule has 13 rings (SSSR count). The molecule has 0 aliphatic heterocycles. The zero-order chi connectivity index (χ0) is 51.3. The van der Waals surface area contributed by atoms with Crippen molar-refractivity contribution in [2.24, 2.45) is 0 Å². The van der Waals surface area contributed by atoms with Crippen LogP contribution in [0.3, 0.4) is 0 Å². The van der Waals surface area contributed by atoms with E-state index in [1.54, 1.807) is 0 Å². The lowest BCUT2D eigenvalue weighted by Gasteiger charge is -2.24. The van der Waals surface area contributed by atoms with Gasteiger partial charge in [-0.2, -0.15) is 0 Å². The number of benzene rings is 12. The Morgan fingerprint density at radius 3 is 0.584 bits per heavy atom. The molecule has 362 valence electrons. The van der Waals surface area contributed by atoms with E-state index in [9.17, 15) is 0 Å². The van der Waals surface area contributed by atoms with Crippen molar-refractivity contribution in [1.29, 1.82) is 0 Å². The molecular weight excluding hydrogens is 933 g/mol. The van der Waals surface area contributed by atoms with Gasteiger partial charge in [0.2, 0.25) is 11.8 Å². The van der Waals surface area contributed by atoms with Crippen molar-refractivity contribution in [3.63, 3.8) is 0 Å². The van der Waals surface area contributed by atoms with Crippen LogP contribution in [-0.4, -0.2) is 10.2 Å². The molecule has 1 heterocycles. The van der Waals surface area contributed by atoms with Crippen molar-refractivity contribution in [1.82, 2.24) is 10.2 Å². The van der Waals surface area contributed by atoms with Gasteiger partial charge in [0.25, 0.3) is 0 Å². The molecule has 1 aromatic heterocycles. The second kappa shape index (κ2) is 21.0. The Kier molecular flexibility index (Phi) is 12.7. The highest BCUT2D eigenvalue weighted by molar-refractivity contribution is 6.09. The van der Waals surface area contributed by atoms with E-state index in [-0.39, 0.29) is 0 Å². The lowest BCUT2D eigenvalue weighted by molar-refractivity contribution is 0.584. The first-order valence-electron chi connectivity index (χ1n) is 26.1. The van der Waals surface area contributed by atoms with Gasteiger partial charge in [-0.15, -0.1) is 10.2 Å². The van der Waals surface area contributed by atoms with Crippen molar-refractivity contribution >= 4 is 0 Å². The topological polar surface area (TPSA) is 38.9 Å². The van der Waals surface area contributed by atoms with Gasteiger partial charge in [0.05, 0.1) is 0 Å². The van der Waals surface area contributed by atoms with Crippen LogP contribution in [0.5, 0.6) is 0 Å². The minimum atomic E-state index is 0.455. The first kappa shape index (κ1) is 46.6. The van der Waals surface area contributed by atoms with Gasteiger partial charge in [-0.25, -0.2) is 0 Å². The van der Waals surface area contributed by atoms with Crippen LogP contribution in [0.2, 0.25) is 0 Å². The maximum atomic E-state index is 6.55. The molecule has 0 aliphatic carbocycles. The molecule has 12 aromatic carbocycles. The quantitative estimate of drug-likeness (QED) is 0.122. The first-order valence-corrected chi connectivity index (χ1v) is 26.1. The highest BCUT2D eigenvalue weighted by Crippen LogP contribution is 2.52. The number of hydrogen-bond acceptors (Lipinski definition) is 3. The molecule has 3 heteroatoms. The second-order valence-electron chi connectivity index (χ2n) is 19.2. The highest BCUT2D eigenvalue weighted by Gasteiger charge is 2.26. The molecule has 13 aromatic rings. The van der Waals surface area contributed by atoms with Crippen LogP contribution >= 0.6 is 0 Å². The maximum absolute atomic E-state index is 6.55. The lowest BCUT2D eigenvalue weighted by Crippen LogP contribution is -1.98. The summed E-state index contributed by atoms with van der Waals surface area (Å²) in [5, 5.41) is 9.26. The number of rotatable bonds is 12. The van der Waals surface area contributed by atoms with Crippen LogP contribution in [-0.2, 0) is 0 Å². The summed E-state index contributed by atoms with van der Waals surface area (Å²) in [4.78, 5) is 0. The molecular formula is C74H50N2O. The molecule has 3 nitrogen and oxygen atoms in total. The third-order valence-corrected chi connectivity index (χ3v) is 14.5. The maximum Gasteiger partial charge on any atom is 0.248 e. The van der Waals surface area contributed by atoms with Crippen LogP contribution in [0.1, 0.15) is 0 Å². The number of hydrogen-bond donors (Lipinski definition) is 0. The molecule has 0 spiro atoms. The van der Waals surface area contributed by atoms with E-state index >= 15 is 0 Å². The predicted molar refractivity (Wildman–Crippen MR) is 320 cm³/mol. The molecule has 0 N–H and O–H groups in total. The van der Waals surface area contributed by atoms with E-state index in [1.807, 2.05) is 0 Å². The zero-order valence-corrected chi connectivity index (χ0v) is 42.2. The first-order chi connectivity index (χ1) is 38.2. The Morgan fingerprint density at radius 2 is 0.351 bits per heavy atom. The number of aromatic nitrogens is 2. The van der Waals surface area contributed by atoms with Gasteiger partial charge >= 0.3 is 0 Å². The minimum absolute atomic E-state index is 0.455. The summed E-state index contributed by atoms with van der Waals surface area (Å²) in [5.41, 5.74) is 24.7. The van der Waals surface area contributed by atoms with E-state index in [0.29, 0.717) is 11.8 Å². The fourth-order valence-electron chi connectivity index (χ4n) is 11.0. The van der Waals surface area contributed by atoms with Gasteiger partial charge in [0.15, 0.2) is 0 Å². The summed E-state index contributed by atoms with van der Waals surface area (Å²) in [6.45, 7) is 0. The minimum Gasteiger partial charge on any atom is -0.416 e. The van der Waals surface area contributed by atoms with Gasteiger partial charge in [0.1, 0.15) is 0 Å². The second-order valence-corrected chi connectivity index (χ2v) is 19.2. The summed E-state index contributed by atoms with van der Waals surface area (Å²) >= 11 is 0. The molecule has 0 saturated carbocycles. The van der Waals surface area contributed by atoms with Gasteiger partial charge in [-0.3, -0.25) is 0 Å². The SMILES string of the molecule is c1ccc(-c2cc(-c3ccc(-c4nnc(-c5ccc(-c6cc(-c7ccccc7)c(-c7ccccc7)c(-c7ccccc7)c6-c6ccccc6)cc5)o4)cc3)c(-c3ccccc3)c(-c3ccccc3)c2-c2ccccc2)cc1. The Bertz CT molecular complexity index is 3840. The van der Waals surface area contributed by atoms with Crippen molar-refractivity contribution in [3.05, 3.63) is 303 Å². The van der Waals surface area contributed by atoms with Gasteiger partial charge in [-0.1, -0.05) is 267 Å². The average Bonchev–Trinajstić information content (AvgIpc) is 4.05. The predicted octanol–water partition coefficient (Wildman–Crippen LogP) is 20.1. The summed E-state index contributed by atoms with van der Waals surface area (Å²) < 4.78 is 6.55. The molecule has 0 bridgehead atoms. The van der Waals surface area contributed by atoms with Crippen LogP contribution in [0, 0.1) is 0 Å². The summed E-state index contributed by atoms with van der Waals surface area (Å²) in [7, 11) is 0. The molecule has 0 unspecified atom stereocenters. The Balaban J connectivity index is 0.909. The Morgan fingerprint density at radius 1 is 0.169 bits per heavy atom. The molecule has 0 aliphatic rings. The van der Waals surface area contributed by atoms with Crippen LogP contribution in [0.4, 0.5) is 0 Å². The highest BCUT2D eigenvalue weighted by atomic mass is 16.4. The molecule has 0 amide bonds. The van der Waals surface area contributed by atoms with Crippen LogP contribution in [0.25, 0.3) is 134 Å². The molecule has 77 heavy (non-hydrogen) atoms. The molecule has 0 atom stereocenters. The van der Waals surface area contributed by atoms with E-state index < -0.39 is 0 Å². The third-order valence-electron chi connectivity index (χ3n) is 14.5. The van der Waals surface area contributed by atoms with Crippen molar-refractivity contribution in [2.45, 2.75) is 0 Å². The largest absolute Gasteiger partial charge is 0.416 e. The summed E-state index contributed by atoms with van der Waals surface area (Å²) in [6, 6.07) is 108. The van der Waals surface area contributed by atoms with Crippen LogP contribution < -0.4 is 0 Å². The summed E-state index contributed by atoms with van der Waals surface area (Å²) in [6.07, 6.45) is 0. The average molecular weight is 983 g/mol. The fraction of sp³-hybridized carbons (Fsp3) is 0. The van der Waals surface area contributed by atoms with Gasteiger partial charge in [0, 0.05) is 11.1 Å². The molecule has 0 radical (unpaired) electrons. The van der Waals surface area contributed by atoms with Crippen LogP contribution in [0.15, 0.2) is 308 Å². The van der Waals surface area contributed by atoms with Crippen molar-refractivity contribution in [3.8, 4) is 134 Å².